The van der Waals surface area contributed by atoms with Crippen LogP contribution in [0, 0.1) is 6.92 Å². The minimum absolute atomic E-state index is 0.0813. The van der Waals surface area contributed by atoms with E-state index in [1.165, 1.54) is 20.3 Å². The van der Waals surface area contributed by atoms with Gasteiger partial charge in [0.2, 0.25) is 5.75 Å². The zero-order valence-corrected chi connectivity index (χ0v) is 12.8. The molecule has 3 rings (SSSR count). The van der Waals surface area contributed by atoms with Crippen LogP contribution in [0.3, 0.4) is 0 Å². The number of phenolic OH excluding ortho intramolecular Hbond substituents is 2. The molecule has 2 aromatic carbocycles. The minimum atomic E-state index is -0.550. The second-order valence-electron chi connectivity index (χ2n) is 5.20. The van der Waals surface area contributed by atoms with Gasteiger partial charge in [0.25, 0.3) is 0 Å². The Bertz CT molecular complexity index is 866. The van der Waals surface area contributed by atoms with E-state index in [4.69, 9.17) is 9.47 Å². The third-order valence-corrected chi connectivity index (χ3v) is 3.94. The number of benzene rings is 2. The summed E-state index contributed by atoms with van der Waals surface area (Å²) in [5.41, 5.74) is 0.727. The van der Waals surface area contributed by atoms with E-state index in [2.05, 4.69) is 0 Å². The number of carbonyl (C=O) groups excluding carboxylic acids is 2. The molecule has 0 aromatic heterocycles. The van der Waals surface area contributed by atoms with Crippen LogP contribution in [-0.4, -0.2) is 36.0 Å². The van der Waals surface area contributed by atoms with Gasteiger partial charge in [-0.3, -0.25) is 9.59 Å². The number of aromatic hydroxyl groups is 2. The van der Waals surface area contributed by atoms with Crippen molar-refractivity contribution in [3.05, 3.63) is 46.0 Å². The van der Waals surface area contributed by atoms with Gasteiger partial charge in [0.1, 0.15) is 5.75 Å². The van der Waals surface area contributed by atoms with Gasteiger partial charge in [0.15, 0.2) is 23.1 Å². The Morgan fingerprint density at radius 3 is 2.09 bits per heavy atom. The Morgan fingerprint density at radius 1 is 0.870 bits per heavy atom. The van der Waals surface area contributed by atoms with E-state index < -0.39 is 23.1 Å². The normalized spacial score (nSPS) is 12.7. The van der Waals surface area contributed by atoms with Gasteiger partial charge in [-0.15, -0.1) is 0 Å². The SMILES string of the molecule is COc1c(O)cc2c(c1O)C(=O)c1ccc(C)c(OC)c1C2=O. The van der Waals surface area contributed by atoms with Gasteiger partial charge in [-0.05, 0) is 24.6 Å². The summed E-state index contributed by atoms with van der Waals surface area (Å²) in [7, 11) is 2.66. The summed E-state index contributed by atoms with van der Waals surface area (Å²) >= 11 is 0. The van der Waals surface area contributed by atoms with Crippen molar-refractivity contribution >= 4 is 11.6 Å². The molecule has 0 aliphatic heterocycles. The van der Waals surface area contributed by atoms with Crippen LogP contribution in [0.15, 0.2) is 18.2 Å². The van der Waals surface area contributed by atoms with Crippen molar-refractivity contribution in [2.24, 2.45) is 0 Å². The van der Waals surface area contributed by atoms with Gasteiger partial charge in [-0.1, -0.05) is 6.07 Å². The highest BCUT2D eigenvalue weighted by atomic mass is 16.5. The van der Waals surface area contributed by atoms with Crippen LogP contribution < -0.4 is 9.47 Å². The van der Waals surface area contributed by atoms with Crippen molar-refractivity contribution in [1.29, 1.82) is 0 Å². The Hall–Kier alpha value is -3.02. The van der Waals surface area contributed by atoms with E-state index in [1.54, 1.807) is 13.0 Å². The Kier molecular flexibility index (Phi) is 3.25. The van der Waals surface area contributed by atoms with Crippen molar-refractivity contribution < 1.29 is 29.3 Å². The summed E-state index contributed by atoms with van der Waals surface area (Å²) in [5.74, 6) is -1.92. The number of carbonyl (C=O) groups is 2. The molecule has 0 atom stereocenters. The molecule has 2 N–H and O–H groups in total. The average Bonchev–Trinajstić information content (AvgIpc) is 2.52. The molecule has 6 heteroatoms. The minimum Gasteiger partial charge on any atom is -0.504 e. The second-order valence-corrected chi connectivity index (χ2v) is 5.20. The number of methoxy groups -OCH3 is 2. The summed E-state index contributed by atoms with van der Waals surface area (Å²) in [4.78, 5) is 25.5. The van der Waals surface area contributed by atoms with Gasteiger partial charge in [0.05, 0.1) is 25.3 Å². The zero-order valence-electron chi connectivity index (χ0n) is 12.8. The number of ether oxygens (including phenoxy) is 2. The molecule has 23 heavy (non-hydrogen) atoms. The number of aryl methyl sites for hydroxylation is 1. The summed E-state index contributed by atoms with van der Waals surface area (Å²) in [6.07, 6.45) is 0. The molecule has 0 saturated carbocycles. The van der Waals surface area contributed by atoms with Crippen LogP contribution in [0.4, 0.5) is 0 Å². The molecule has 0 unspecified atom stereocenters. The predicted molar refractivity (Wildman–Crippen MR) is 80.9 cm³/mol. The molecular weight excluding hydrogens is 300 g/mol. The van der Waals surface area contributed by atoms with Crippen LogP contribution >= 0.6 is 0 Å². The van der Waals surface area contributed by atoms with E-state index in [0.29, 0.717) is 11.3 Å². The summed E-state index contributed by atoms with van der Waals surface area (Å²) in [5, 5.41) is 20.1. The highest BCUT2D eigenvalue weighted by molar-refractivity contribution is 6.30. The predicted octanol–water partition coefficient (Wildman–Crippen LogP) is 2.20. The number of phenols is 2. The summed E-state index contributed by atoms with van der Waals surface area (Å²) in [6, 6.07) is 4.32. The van der Waals surface area contributed by atoms with Crippen molar-refractivity contribution in [3.8, 4) is 23.0 Å². The fourth-order valence-corrected chi connectivity index (χ4v) is 2.88. The molecule has 1 aliphatic carbocycles. The van der Waals surface area contributed by atoms with E-state index in [0.717, 1.165) is 6.07 Å². The number of hydrogen-bond acceptors (Lipinski definition) is 6. The first kappa shape index (κ1) is 14.9. The third kappa shape index (κ3) is 1.88. The van der Waals surface area contributed by atoms with Crippen molar-refractivity contribution in [2.75, 3.05) is 14.2 Å². The Labute approximate surface area is 131 Å². The number of rotatable bonds is 2. The number of fused-ring (bicyclic) bond motifs is 2. The van der Waals surface area contributed by atoms with Gasteiger partial charge < -0.3 is 19.7 Å². The molecule has 0 bridgehead atoms. The lowest BCUT2D eigenvalue weighted by Gasteiger charge is -2.22. The highest BCUT2D eigenvalue weighted by Crippen LogP contribution is 2.45. The lowest BCUT2D eigenvalue weighted by Crippen LogP contribution is -2.22. The van der Waals surface area contributed by atoms with Crippen LogP contribution in [0.5, 0.6) is 23.0 Å². The molecule has 1 aliphatic rings. The molecule has 0 radical (unpaired) electrons. The topological polar surface area (TPSA) is 93.1 Å². The van der Waals surface area contributed by atoms with Crippen molar-refractivity contribution in [3.63, 3.8) is 0 Å². The van der Waals surface area contributed by atoms with Crippen LogP contribution in [0.1, 0.15) is 37.4 Å². The fraction of sp³-hybridized carbons (Fsp3) is 0.176. The molecule has 0 amide bonds. The maximum Gasteiger partial charge on any atom is 0.203 e. The first-order valence-electron chi connectivity index (χ1n) is 6.82. The number of ketones is 2. The molecule has 0 fully saturated rings. The molecule has 118 valence electrons. The standard InChI is InChI=1S/C17H14O6/c1-7-4-5-8-12(16(7)22-2)14(20)9-6-10(18)17(23-3)15(21)11(9)13(8)19/h4-6,18,21H,1-3H3. The molecular formula is C17H14O6. The van der Waals surface area contributed by atoms with Gasteiger partial charge in [0, 0.05) is 11.1 Å². The first-order valence-corrected chi connectivity index (χ1v) is 6.82. The summed E-state index contributed by atoms with van der Waals surface area (Å²) in [6.45, 7) is 1.76. The van der Waals surface area contributed by atoms with Crippen LogP contribution in [0.2, 0.25) is 0 Å². The third-order valence-electron chi connectivity index (χ3n) is 3.94. The second kappa shape index (κ2) is 5.01. The number of hydrogen-bond donors (Lipinski definition) is 2. The maximum absolute atomic E-state index is 12.8. The lowest BCUT2D eigenvalue weighted by molar-refractivity contribution is 0.0973. The van der Waals surface area contributed by atoms with E-state index in [9.17, 15) is 19.8 Å². The van der Waals surface area contributed by atoms with Gasteiger partial charge >= 0.3 is 0 Å². The summed E-state index contributed by atoms with van der Waals surface area (Å²) < 4.78 is 10.1. The molecule has 6 nitrogen and oxygen atoms in total. The van der Waals surface area contributed by atoms with E-state index in [1.807, 2.05) is 0 Å². The monoisotopic (exact) mass is 314 g/mol. The van der Waals surface area contributed by atoms with E-state index in [-0.39, 0.29) is 28.0 Å². The van der Waals surface area contributed by atoms with Gasteiger partial charge in [-0.2, -0.15) is 0 Å². The van der Waals surface area contributed by atoms with Crippen LogP contribution in [-0.2, 0) is 0 Å². The highest BCUT2D eigenvalue weighted by Gasteiger charge is 2.37. The Balaban J connectivity index is 2.38. The quantitative estimate of drug-likeness (QED) is 0.753. The maximum atomic E-state index is 12.8. The molecule has 0 spiro atoms. The molecule has 0 saturated heterocycles. The fourth-order valence-electron chi connectivity index (χ4n) is 2.88. The van der Waals surface area contributed by atoms with Crippen molar-refractivity contribution in [1.82, 2.24) is 0 Å². The average molecular weight is 314 g/mol. The Morgan fingerprint density at radius 2 is 1.48 bits per heavy atom. The first-order chi connectivity index (χ1) is 10.9. The van der Waals surface area contributed by atoms with Crippen LogP contribution in [0.25, 0.3) is 0 Å². The van der Waals surface area contributed by atoms with Gasteiger partial charge in [-0.25, -0.2) is 0 Å². The van der Waals surface area contributed by atoms with E-state index >= 15 is 0 Å². The zero-order chi connectivity index (χ0) is 16.9. The smallest absolute Gasteiger partial charge is 0.203 e. The molecule has 0 heterocycles. The molecule has 2 aromatic rings. The largest absolute Gasteiger partial charge is 0.504 e. The van der Waals surface area contributed by atoms with Crippen molar-refractivity contribution in [2.45, 2.75) is 6.92 Å². The lowest BCUT2D eigenvalue weighted by atomic mass is 9.82.